The van der Waals surface area contributed by atoms with Crippen LogP contribution in [0.15, 0.2) is 74.3 Å². The minimum Gasteiger partial charge on any atom is -0.480 e. The molecule has 3 rings (SSSR count). The first-order valence-electron chi connectivity index (χ1n) is 9.49. The van der Waals surface area contributed by atoms with Crippen LogP contribution in [-0.4, -0.2) is 51.6 Å². The number of hydrogen-bond acceptors (Lipinski definition) is 8. The maximum atomic E-state index is 6.06. The van der Waals surface area contributed by atoms with Gasteiger partial charge in [-0.25, -0.2) is 4.98 Å². The van der Waals surface area contributed by atoms with Crippen molar-refractivity contribution in [3.05, 3.63) is 65.0 Å². The fourth-order valence-electron chi connectivity index (χ4n) is 2.82. The van der Waals surface area contributed by atoms with E-state index in [2.05, 4.69) is 42.5 Å². The molecule has 168 valence electrons. The van der Waals surface area contributed by atoms with Crippen molar-refractivity contribution < 1.29 is 4.74 Å². The summed E-state index contributed by atoms with van der Waals surface area (Å²) < 4.78 is 8.61. The number of aliphatic imine (C=N–C) groups is 3. The molecule has 0 unspecified atom stereocenters. The van der Waals surface area contributed by atoms with E-state index in [9.17, 15) is 0 Å². The molecule has 2 aromatic rings. The number of rotatable bonds is 6. The summed E-state index contributed by atoms with van der Waals surface area (Å²) in [6.07, 6.45) is 5.21. The van der Waals surface area contributed by atoms with E-state index in [4.69, 9.17) is 16.3 Å². The lowest BCUT2D eigenvalue weighted by atomic mass is 9.98. The Labute approximate surface area is 197 Å². The number of nitrogens with zero attached hydrogens (tertiary/aromatic N) is 4. The molecule has 10 heteroatoms. The van der Waals surface area contributed by atoms with Crippen molar-refractivity contribution in [1.82, 2.24) is 10.3 Å². The number of nitrogens with one attached hydrogen (secondary N) is 2. The van der Waals surface area contributed by atoms with Crippen LogP contribution in [0.3, 0.4) is 0 Å². The van der Waals surface area contributed by atoms with Crippen LogP contribution >= 0.6 is 23.5 Å². The minimum atomic E-state index is 0.505. The van der Waals surface area contributed by atoms with Gasteiger partial charge >= 0.3 is 0 Å². The van der Waals surface area contributed by atoms with Crippen LogP contribution < -0.4 is 20.5 Å². The summed E-state index contributed by atoms with van der Waals surface area (Å²) in [4.78, 5) is 17.5. The summed E-state index contributed by atoms with van der Waals surface area (Å²) >= 11 is 7.44. The van der Waals surface area contributed by atoms with Crippen molar-refractivity contribution in [2.24, 2.45) is 20.7 Å². The Hall–Kier alpha value is -3.14. The van der Waals surface area contributed by atoms with Crippen LogP contribution in [-0.2, 0) is 0 Å². The second-order valence-electron chi connectivity index (χ2n) is 6.04. The van der Waals surface area contributed by atoms with E-state index in [0.29, 0.717) is 16.7 Å². The van der Waals surface area contributed by atoms with Crippen LogP contribution in [0.2, 0.25) is 5.02 Å². The zero-order chi connectivity index (χ0) is 23.5. The predicted octanol–water partition coefficient (Wildman–Crippen LogP) is 4.07. The Morgan fingerprint density at radius 1 is 1.22 bits per heavy atom. The highest BCUT2D eigenvalue weighted by atomic mass is 35.5. The molecule has 4 N–H and O–H groups in total. The minimum absolute atomic E-state index is 0.505. The second kappa shape index (κ2) is 12.7. The molecule has 8 nitrogen and oxygen atoms in total. The molecule has 0 fully saturated rings. The largest absolute Gasteiger partial charge is 0.480 e. The van der Waals surface area contributed by atoms with Crippen molar-refractivity contribution in [2.75, 3.05) is 33.0 Å². The van der Waals surface area contributed by atoms with E-state index < -0.39 is 0 Å². The van der Waals surface area contributed by atoms with E-state index in [-0.39, 0.29) is 0 Å². The molecular weight excluding hydrogens is 446 g/mol. The lowest BCUT2D eigenvalue weighted by Crippen LogP contribution is -2.36. The molecule has 0 bridgehead atoms. The first-order chi connectivity index (χ1) is 15.6. The monoisotopic (exact) mass is 471 g/mol. The number of amidine groups is 2. The molecule has 1 aromatic heterocycles. The molecule has 2 heterocycles. The highest BCUT2D eigenvalue weighted by Gasteiger charge is 2.20. The van der Waals surface area contributed by atoms with Gasteiger partial charge in [-0.3, -0.25) is 15.0 Å². The normalized spacial score (nSPS) is 16.7. The average Bonchev–Trinajstić information content (AvgIpc) is 2.84. The number of anilines is 1. The maximum Gasteiger partial charge on any atom is 0.228 e. The molecule has 0 amide bonds. The number of ether oxygens (including phenoxy) is 1. The van der Waals surface area contributed by atoms with E-state index in [1.54, 1.807) is 39.7 Å². The summed E-state index contributed by atoms with van der Waals surface area (Å²) in [5.41, 5.74) is 8.14. The molecule has 0 spiro atoms. The van der Waals surface area contributed by atoms with E-state index in [0.717, 1.165) is 33.1 Å². The third-order valence-corrected chi connectivity index (χ3v) is 5.23. The molecule has 1 aliphatic heterocycles. The predicted molar refractivity (Wildman–Crippen MR) is 137 cm³/mol. The highest BCUT2D eigenvalue weighted by molar-refractivity contribution is 8.00. The third-order valence-electron chi connectivity index (χ3n) is 4.17. The van der Waals surface area contributed by atoms with Crippen molar-refractivity contribution in [3.63, 3.8) is 0 Å². The number of pyridine rings is 1. The molecule has 0 atom stereocenters. The summed E-state index contributed by atoms with van der Waals surface area (Å²) in [5.74, 6) is 1.92. The number of methoxy groups -OCH3 is 1. The number of hydrogen-bond donors (Lipinski definition) is 3. The molecule has 1 aromatic carbocycles. The first-order valence-corrected chi connectivity index (χ1v) is 10.7. The Bertz CT molecular complexity index is 1080. The molecular formula is C22H26ClN7OS. The Balaban J connectivity index is 0.00000176. The lowest BCUT2D eigenvalue weighted by Gasteiger charge is -2.21. The number of aromatic nitrogens is 1. The summed E-state index contributed by atoms with van der Waals surface area (Å²) in [6, 6.07) is 9.79. The number of halogens is 1. The van der Waals surface area contributed by atoms with E-state index in [1.165, 1.54) is 19.0 Å². The van der Waals surface area contributed by atoms with Crippen LogP contribution in [0.4, 0.5) is 5.69 Å². The quantitative estimate of drug-likeness (QED) is 0.433. The van der Waals surface area contributed by atoms with Gasteiger partial charge in [0, 0.05) is 43.3 Å². The fraction of sp³-hybridized carbons (Fsp3) is 0.182. The standard InChI is InChI=1S/C21H21ClN6OS.CH5N/c1-23-11-14-9-17(20(25-3)27-19(14)24-2)13-6-5-7-16(8-13)28-30-18-10-15(22)12-26-21(18)29-4;1-2/h5-12,28H,1H2,2-4H3,(H,24,25,27);2H2,1H3/b14-11-;. The third kappa shape index (κ3) is 6.19. The first kappa shape index (κ1) is 25.1. The SMILES string of the molecule is C=N/C=C1/C=C(c2cccc(NSc3cc(Cl)cnc3OC)c2)C(=NC)NC1=NC.CN. The van der Waals surface area contributed by atoms with Crippen LogP contribution in [0.25, 0.3) is 5.57 Å². The molecule has 0 aliphatic carbocycles. The Kier molecular flexibility index (Phi) is 9.93. The van der Waals surface area contributed by atoms with Crippen molar-refractivity contribution >= 4 is 53.2 Å². The summed E-state index contributed by atoms with van der Waals surface area (Å²) in [7, 11) is 6.53. The van der Waals surface area contributed by atoms with E-state index >= 15 is 0 Å². The van der Waals surface area contributed by atoms with Crippen molar-refractivity contribution in [1.29, 1.82) is 0 Å². The fourth-order valence-corrected chi connectivity index (χ4v) is 3.81. The van der Waals surface area contributed by atoms with Gasteiger partial charge in [-0.2, -0.15) is 0 Å². The summed E-state index contributed by atoms with van der Waals surface area (Å²) in [5, 5.41) is 3.79. The van der Waals surface area contributed by atoms with Gasteiger partial charge in [0.2, 0.25) is 5.88 Å². The molecule has 0 saturated carbocycles. The van der Waals surface area contributed by atoms with Crippen LogP contribution in [0.5, 0.6) is 5.88 Å². The van der Waals surface area contributed by atoms with Gasteiger partial charge in [0.1, 0.15) is 11.7 Å². The summed E-state index contributed by atoms with van der Waals surface area (Å²) in [6.45, 7) is 3.54. The van der Waals surface area contributed by atoms with Crippen LogP contribution in [0.1, 0.15) is 5.56 Å². The number of benzene rings is 1. The highest BCUT2D eigenvalue weighted by Crippen LogP contribution is 2.31. The van der Waals surface area contributed by atoms with E-state index in [1.807, 2.05) is 30.3 Å². The van der Waals surface area contributed by atoms with Gasteiger partial charge in [-0.05, 0) is 55.6 Å². The maximum absolute atomic E-state index is 6.06. The van der Waals surface area contributed by atoms with Crippen LogP contribution in [0, 0.1) is 0 Å². The van der Waals surface area contributed by atoms with Gasteiger partial charge in [-0.1, -0.05) is 23.7 Å². The molecule has 0 radical (unpaired) electrons. The zero-order valence-corrected chi connectivity index (χ0v) is 20.0. The Morgan fingerprint density at radius 3 is 2.62 bits per heavy atom. The zero-order valence-electron chi connectivity index (χ0n) is 18.4. The Morgan fingerprint density at radius 2 is 1.97 bits per heavy atom. The number of nitrogens with two attached hydrogens (primary N) is 1. The molecule has 1 aliphatic rings. The topological polar surface area (TPSA) is 109 Å². The van der Waals surface area contributed by atoms with Gasteiger partial charge < -0.3 is 20.5 Å². The van der Waals surface area contributed by atoms with Crippen molar-refractivity contribution in [3.8, 4) is 5.88 Å². The molecule has 0 saturated heterocycles. The van der Waals surface area contributed by atoms with Crippen molar-refractivity contribution in [2.45, 2.75) is 4.90 Å². The van der Waals surface area contributed by atoms with Gasteiger partial charge in [-0.15, -0.1) is 0 Å². The second-order valence-corrected chi connectivity index (χ2v) is 7.32. The van der Waals surface area contributed by atoms with Gasteiger partial charge in [0.25, 0.3) is 0 Å². The lowest BCUT2D eigenvalue weighted by molar-refractivity contribution is 0.387. The van der Waals surface area contributed by atoms with Gasteiger partial charge in [0.15, 0.2) is 0 Å². The van der Waals surface area contributed by atoms with Gasteiger partial charge in [0.05, 0.1) is 17.0 Å². The molecule has 32 heavy (non-hydrogen) atoms. The smallest absolute Gasteiger partial charge is 0.228 e. The average molecular weight is 472 g/mol.